The number of likely N-dealkylation sites (tertiary alicyclic amines) is 1. The molecule has 2 aromatic carbocycles. The third-order valence-corrected chi connectivity index (χ3v) is 5.02. The Hall–Kier alpha value is -3.61. The predicted molar refractivity (Wildman–Crippen MR) is 108 cm³/mol. The molecular formula is C22H20N4O3. The van der Waals surface area contributed by atoms with E-state index in [-0.39, 0.29) is 12.7 Å². The van der Waals surface area contributed by atoms with Gasteiger partial charge in [0.2, 0.25) is 6.79 Å². The molecule has 1 amide bonds. The Kier molecular flexibility index (Phi) is 4.48. The molecule has 7 nitrogen and oxygen atoms in total. The number of rotatable bonds is 4. The van der Waals surface area contributed by atoms with E-state index in [1.54, 1.807) is 6.07 Å². The zero-order valence-corrected chi connectivity index (χ0v) is 15.8. The van der Waals surface area contributed by atoms with Gasteiger partial charge in [-0.3, -0.25) is 4.79 Å². The molecule has 1 fully saturated rings. The van der Waals surface area contributed by atoms with Crippen molar-refractivity contribution in [3.8, 4) is 22.9 Å². The number of fused-ring (bicyclic) bond motifs is 1. The summed E-state index contributed by atoms with van der Waals surface area (Å²) in [7, 11) is 0. The van der Waals surface area contributed by atoms with Crippen molar-refractivity contribution in [2.24, 2.45) is 0 Å². The molecule has 0 aliphatic carbocycles. The minimum absolute atomic E-state index is 0.0594. The van der Waals surface area contributed by atoms with E-state index in [0.29, 0.717) is 28.8 Å². The topological polar surface area (TPSA) is 76.6 Å². The van der Waals surface area contributed by atoms with Gasteiger partial charge in [-0.2, -0.15) is 0 Å². The minimum atomic E-state index is -0.0594. The fourth-order valence-electron chi connectivity index (χ4n) is 3.54. The van der Waals surface area contributed by atoms with Crippen LogP contribution in [0.25, 0.3) is 11.4 Å². The fourth-order valence-corrected chi connectivity index (χ4v) is 3.54. The Morgan fingerprint density at radius 3 is 2.55 bits per heavy atom. The van der Waals surface area contributed by atoms with Crippen LogP contribution in [0, 0.1) is 0 Å². The molecule has 0 radical (unpaired) electrons. The SMILES string of the molecule is O=C(c1cc(Nc2ccc3c(c2)OCO3)nc(-c2ccccc2)n1)N1CCCC1. The number of hydrogen-bond acceptors (Lipinski definition) is 6. The summed E-state index contributed by atoms with van der Waals surface area (Å²) in [5.74, 6) is 2.41. The van der Waals surface area contributed by atoms with Gasteiger partial charge in [-0.25, -0.2) is 9.97 Å². The average Bonchev–Trinajstić information content (AvgIpc) is 3.45. The lowest BCUT2D eigenvalue weighted by molar-refractivity contribution is 0.0787. The summed E-state index contributed by atoms with van der Waals surface area (Å²) >= 11 is 0. The van der Waals surface area contributed by atoms with Gasteiger partial charge in [-0.15, -0.1) is 0 Å². The van der Waals surface area contributed by atoms with E-state index in [2.05, 4.69) is 15.3 Å². The van der Waals surface area contributed by atoms with E-state index < -0.39 is 0 Å². The summed E-state index contributed by atoms with van der Waals surface area (Å²) in [5.41, 5.74) is 2.05. The van der Waals surface area contributed by atoms with Crippen LogP contribution < -0.4 is 14.8 Å². The summed E-state index contributed by atoms with van der Waals surface area (Å²) in [6, 6.07) is 17.0. The smallest absolute Gasteiger partial charge is 0.272 e. The van der Waals surface area contributed by atoms with Gasteiger partial charge in [0.05, 0.1) is 0 Å². The van der Waals surface area contributed by atoms with Crippen LogP contribution in [0.4, 0.5) is 11.5 Å². The zero-order chi connectivity index (χ0) is 19.6. The molecule has 5 rings (SSSR count). The van der Waals surface area contributed by atoms with Crippen LogP contribution in [-0.2, 0) is 0 Å². The van der Waals surface area contributed by atoms with Crippen molar-refractivity contribution in [2.75, 3.05) is 25.2 Å². The first kappa shape index (κ1) is 17.5. The Labute approximate surface area is 168 Å². The van der Waals surface area contributed by atoms with Crippen molar-refractivity contribution in [3.63, 3.8) is 0 Å². The van der Waals surface area contributed by atoms with E-state index in [1.807, 2.05) is 53.4 Å². The molecule has 0 saturated carbocycles. The number of anilines is 2. The van der Waals surface area contributed by atoms with E-state index >= 15 is 0 Å². The van der Waals surface area contributed by atoms with Crippen LogP contribution in [0.1, 0.15) is 23.3 Å². The predicted octanol–water partition coefficient (Wildman–Crippen LogP) is 3.85. The summed E-state index contributed by atoms with van der Waals surface area (Å²) in [5, 5.41) is 3.27. The van der Waals surface area contributed by atoms with Crippen molar-refractivity contribution in [1.29, 1.82) is 0 Å². The van der Waals surface area contributed by atoms with Crippen molar-refractivity contribution < 1.29 is 14.3 Å². The van der Waals surface area contributed by atoms with Crippen molar-refractivity contribution >= 4 is 17.4 Å². The molecule has 0 spiro atoms. The third-order valence-electron chi connectivity index (χ3n) is 5.02. The monoisotopic (exact) mass is 388 g/mol. The second-order valence-corrected chi connectivity index (χ2v) is 7.02. The molecule has 0 bridgehead atoms. The molecule has 29 heavy (non-hydrogen) atoms. The maximum absolute atomic E-state index is 13.0. The van der Waals surface area contributed by atoms with Gasteiger partial charge >= 0.3 is 0 Å². The van der Waals surface area contributed by atoms with Gasteiger partial charge < -0.3 is 19.7 Å². The number of aromatic nitrogens is 2. The molecular weight excluding hydrogens is 368 g/mol. The number of amides is 1. The molecule has 1 saturated heterocycles. The van der Waals surface area contributed by atoms with Gasteiger partial charge in [0.25, 0.3) is 5.91 Å². The number of benzene rings is 2. The third kappa shape index (κ3) is 3.59. The average molecular weight is 388 g/mol. The van der Waals surface area contributed by atoms with Crippen LogP contribution in [0.2, 0.25) is 0 Å². The van der Waals surface area contributed by atoms with Crippen LogP contribution >= 0.6 is 0 Å². The Morgan fingerprint density at radius 2 is 1.72 bits per heavy atom. The normalized spacial score (nSPS) is 14.8. The lowest BCUT2D eigenvalue weighted by atomic mass is 10.2. The van der Waals surface area contributed by atoms with Gasteiger partial charge in [-0.05, 0) is 25.0 Å². The largest absolute Gasteiger partial charge is 0.454 e. The molecule has 1 N–H and O–H groups in total. The number of ether oxygens (including phenoxy) is 2. The Morgan fingerprint density at radius 1 is 0.931 bits per heavy atom. The molecule has 7 heteroatoms. The molecule has 3 heterocycles. The molecule has 0 unspecified atom stereocenters. The maximum atomic E-state index is 13.0. The van der Waals surface area contributed by atoms with Crippen molar-refractivity contribution in [3.05, 3.63) is 60.3 Å². The number of nitrogens with one attached hydrogen (secondary N) is 1. The number of hydrogen-bond donors (Lipinski definition) is 1. The highest BCUT2D eigenvalue weighted by atomic mass is 16.7. The highest BCUT2D eigenvalue weighted by Gasteiger charge is 2.22. The lowest BCUT2D eigenvalue weighted by Crippen LogP contribution is -2.28. The standard InChI is InChI=1S/C22H20N4O3/c27-22(26-10-4-5-11-26)17-13-20(25-21(24-17)15-6-2-1-3-7-15)23-16-8-9-18-19(12-16)29-14-28-18/h1-3,6-9,12-13H,4-5,10-11,14H2,(H,23,24,25). The summed E-state index contributed by atoms with van der Waals surface area (Å²) in [4.78, 5) is 24.0. The second-order valence-electron chi connectivity index (χ2n) is 7.02. The van der Waals surface area contributed by atoms with Crippen molar-refractivity contribution in [2.45, 2.75) is 12.8 Å². The Balaban J connectivity index is 1.51. The molecule has 0 atom stereocenters. The fraction of sp³-hybridized carbons (Fsp3) is 0.227. The number of nitrogens with zero attached hydrogens (tertiary/aromatic N) is 3. The highest BCUT2D eigenvalue weighted by Crippen LogP contribution is 2.35. The zero-order valence-electron chi connectivity index (χ0n) is 15.8. The van der Waals surface area contributed by atoms with Crippen LogP contribution in [0.3, 0.4) is 0 Å². The van der Waals surface area contributed by atoms with E-state index in [4.69, 9.17) is 9.47 Å². The summed E-state index contributed by atoms with van der Waals surface area (Å²) in [6.45, 7) is 1.77. The van der Waals surface area contributed by atoms with Gasteiger partial charge in [0, 0.05) is 36.5 Å². The van der Waals surface area contributed by atoms with Gasteiger partial charge in [0.1, 0.15) is 11.5 Å². The second kappa shape index (κ2) is 7.43. The quantitative estimate of drug-likeness (QED) is 0.732. The van der Waals surface area contributed by atoms with Gasteiger partial charge in [0.15, 0.2) is 17.3 Å². The number of carbonyl (C=O) groups excluding carboxylic acids is 1. The van der Waals surface area contributed by atoms with Crippen LogP contribution in [0.5, 0.6) is 11.5 Å². The van der Waals surface area contributed by atoms with Crippen molar-refractivity contribution in [1.82, 2.24) is 14.9 Å². The molecule has 146 valence electrons. The molecule has 1 aromatic heterocycles. The van der Waals surface area contributed by atoms with E-state index in [1.165, 1.54) is 0 Å². The first-order chi connectivity index (χ1) is 14.3. The number of carbonyl (C=O) groups is 1. The van der Waals surface area contributed by atoms with E-state index in [9.17, 15) is 4.79 Å². The Bertz CT molecular complexity index is 1050. The first-order valence-corrected chi connectivity index (χ1v) is 9.67. The highest BCUT2D eigenvalue weighted by molar-refractivity contribution is 5.93. The maximum Gasteiger partial charge on any atom is 0.272 e. The van der Waals surface area contributed by atoms with Crippen LogP contribution in [-0.4, -0.2) is 40.7 Å². The summed E-state index contributed by atoms with van der Waals surface area (Å²) in [6.07, 6.45) is 2.06. The van der Waals surface area contributed by atoms with Gasteiger partial charge in [-0.1, -0.05) is 30.3 Å². The molecule has 2 aliphatic rings. The minimum Gasteiger partial charge on any atom is -0.454 e. The molecule has 2 aliphatic heterocycles. The van der Waals surface area contributed by atoms with Crippen LogP contribution in [0.15, 0.2) is 54.6 Å². The lowest BCUT2D eigenvalue weighted by Gasteiger charge is -2.16. The first-order valence-electron chi connectivity index (χ1n) is 9.67. The van der Waals surface area contributed by atoms with E-state index in [0.717, 1.165) is 37.2 Å². The summed E-state index contributed by atoms with van der Waals surface area (Å²) < 4.78 is 10.8. The molecule has 3 aromatic rings.